The molecular formula is C27H44N4O7S. The molecule has 3 amide bonds. The van der Waals surface area contributed by atoms with Crippen molar-refractivity contribution < 1.29 is 32.3 Å². The molecule has 0 radical (unpaired) electrons. The van der Waals surface area contributed by atoms with E-state index in [1.165, 1.54) is 13.2 Å². The minimum absolute atomic E-state index is 0.303. The lowest BCUT2D eigenvalue weighted by Crippen LogP contribution is -2.43. The van der Waals surface area contributed by atoms with Crippen LogP contribution in [0.2, 0.25) is 0 Å². The Kier molecular flexibility index (Phi) is 20.8. The number of ketones is 1. The van der Waals surface area contributed by atoms with Gasteiger partial charge < -0.3 is 25.4 Å². The Labute approximate surface area is 233 Å². The molecule has 1 aliphatic heterocycles. The van der Waals surface area contributed by atoms with Crippen molar-refractivity contribution in [2.75, 3.05) is 38.3 Å². The monoisotopic (exact) mass is 568 g/mol. The van der Waals surface area contributed by atoms with E-state index in [1.807, 2.05) is 19.9 Å². The van der Waals surface area contributed by atoms with Gasteiger partial charge in [-0.05, 0) is 37.3 Å². The van der Waals surface area contributed by atoms with Crippen LogP contribution < -0.4 is 15.8 Å². The molecule has 1 saturated carbocycles. The van der Waals surface area contributed by atoms with Crippen LogP contribution in [0.25, 0.3) is 0 Å². The van der Waals surface area contributed by atoms with Crippen LogP contribution in [0.3, 0.4) is 0 Å². The summed E-state index contributed by atoms with van der Waals surface area (Å²) < 4.78 is 31.1. The molecule has 39 heavy (non-hydrogen) atoms. The smallest absolute Gasteiger partial charge is 0.314 e. The highest BCUT2D eigenvalue weighted by Crippen LogP contribution is 2.29. The third kappa shape index (κ3) is 20.2. The van der Waals surface area contributed by atoms with E-state index in [2.05, 4.69) is 18.2 Å². The number of amides is 3. The molecule has 2 aliphatic rings. The number of hydrogen-bond acceptors (Lipinski definition) is 8. The maximum atomic E-state index is 11.8. The van der Waals surface area contributed by atoms with Crippen molar-refractivity contribution in [2.45, 2.75) is 53.0 Å². The number of nitrogens with one attached hydrogen (secondary N) is 2. The lowest BCUT2D eigenvalue weighted by molar-refractivity contribution is -0.124. The first kappa shape index (κ1) is 37.7. The quantitative estimate of drug-likeness (QED) is 0.258. The number of urea groups is 1. The molecule has 3 rings (SSSR count). The lowest BCUT2D eigenvalue weighted by Gasteiger charge is -2.24. The predicted octanol–water partition coefficient (Wildman–Crippen LogP) is 2.64. The number of rotatable bonds is 7. The van der Waals surface area contributed by atoms with Gasteiger partial charge in [0, 0.05) is 26.3 Å². The molecule has 1 aromatic carbocycles. The topological polar surface area (TPSA) is 169 Å². The van der Waals surface area contributed by atoms with E-state index >= 15 is 0 Å². The number of terminal acetylenes is 1. The van der Waals surface area contributed by atoms with Gasteiger partial charge in [-0.1, -0.05) is 39.0 Å². The first-order chi connectivity index (χ1) is 18.4. The molecule has 0 bridgehead atoms. The van der Waals surface area contributed by atoms with Crippen LogP contribution in [0.4, 0.5) is 4.79 Å². The number of nitrogens with two attached hydrogens (primary N) is 1. The first-order valence-electron chi connectivity index (χ1n) is 12.7. The number of carbonyl (C=O) groups excluding carboxylic acids is 3. The second-order valence-electron chi connectivity index (χ2n) is 8.24. The third-order valence-electron chi connectivity index (χ3n) is 4.85. The standard InChI is InChI=1S/C13H16N2O3.C5H10N2O2.C5H10O2S.C2H6.C2H2/c1-3-11(15-9(2)16)12(17)13(14)18-10-7-5-4-6-8-10;6-5(8)7-1-3-9-4-2-7;1-8(6,7)4-5-2-3-5;2*1-2/h4-8,11,14H,3H2,1-2H3,(H,15,16);1-4H2,(H2,6,8);5H,2-4H2,1H3;1-2H3;1-2H/t11-;;;;/m0..../s1. The number of carbonyl (C=O) groups is 3. The first-order valence-corrected chi connectivity index (χ1v) is 14.7. The molecular weight excluding hydrogens is 524 g/mol. The molecule has 1 atom stereocenters. The van der Waals surface area contributed by atoms with Crippen LogP contribution in [-0.2, 0) is 24.2 Å². The van der Waals surface area contributed by atoms with E-state index in [4.69, 9.17) is 20.6 Å². The molecule has 1 aliphatic carbocycles. The second kappa shape index (κ2) is 21.5. The largest absolute Gasteiger partial charge is 0.436 e. The van der Waals surface area contributed by atoms with Crippen LogP contribution in [0.15, 0.2) is 30.3 Å². The number of para-hydroxylation sites is 1. The highest BCUT2D eigenvalue weighted by atomic mass is 32.2. The van der Waals surface area contributed by atoms with E-state index < -0.39 is 27.6 Å². The Morgan fingerprint density at radius 2 is 1.67 bits per heavy atom. The molecule has 0 aromatic heterocycles. The summed E-state index contributed by atoms with van der Waals surface area (Å²) in [5.74, 6) is 0.0343. The summed E-state index contributed by atoms with van der Waals surface area (Å²) in [4.78, 5) is 34.8. The van der Waals surface area contributed by atoms with E-state index in [0.717, 1.165) is 12.8 Å². The van der Waals surface area contributed by atoms with Crippen molar-refractivity contribution in [3.8, 4) is 18.6 Å². The number of hydrogen-bond donors (Lipinski definition) is 3. The lowest BCUT2D eigenvalue weighted by atomic mass is 10.1. The van der Waals surface area contributed by atoms with Crippen LogP contribution in [0.1, 0.15) is 47.0 Å². The Morgan fingerprint density at radius 1 is 1.15 bits per heavy atom. The van der Waals surface area contributed by atoms with Crippen LogP contribution in [0, 0.1) is 24.2 Å². The highest BCUT2D eigenvalue weighted by Gasteiger charge is 2.25. The normalized spacial score (nSPS) is 14.4. The number of morpholine rings is 1. The maximum Gasteiger partial charge on any atom is 0.314 e. The summed E-state index contributed by atoms with van der Waals surface area (Å²) in [5, 5.41) is 10.1. The summed E-state index contributed by atoms with van der Waals surface area (Å²) in [6, 6.07) is 7.56. The number of nitrogens with zero attached hydrogens (tertiary/aromatic N) is 1. The van der Waals surface area contributed by atoms with Crippen LogP contribution in [0.5, 0.6) is 5.75 Å². The number of Topliss-reactive ketones (excluding diaryl/α,β-unsaturated/α-hetero) is 1. The molecule has 11 nitrogen and oxygen atoms in total. The maximum absolute atomic E-state index is 11.8. The predicted molar refractivity (Wildman–Crippen MR) is 153 cm³/mol. The molecule has 1 aromatic rings. The fourth-order valence-corrected chi connectivity index (χ4v) is 4.10. The van der Waals surface area contributed by atoms with Crippen molar-refractivity contribution in [3.05, 3.63) is 30.3 Å². The minimum Gasteiger partial charge on any atom is -0.436 e. The summed E-state index contributed by atoms with van der Waals surface area (Å²) in [7, 11) is -2.66. The molecule has 4 N–H and O–H groups in total. The van der Waals surface area contributed by atoms with E-state index in [0.29, 0.717) is 50.1 Å². The van der Waals surface area contributed by atoms with Gasteiger partial charge in [0.2, 0.25) is 11.7 Å². The molecule has 1 saturated heterocycles. The molecule has 1 heterocycles. The van der Waals surface area contributed by atoms with Gasteiger partial charge in [0.1, 0.15) is 15.6 Å². The zero-order valence-corrected chi connectivity index (χ0v) is 24.5. The van der Waals surface area contributed by atoms with Crippen molar-refractivity contribution in [1.82, 2.24) is 10.2 Å². The third-order valence-corrected chi connectivity index (χ3v) is 5.92. The van der Waals surface area contributed by atoms with Gasteiger partial charge in [-0.15, -0.1) is 12.8 Å². The Bertz CT molecular complexity index is 988. The number of benzene rings is 1. The summed E-state index contributed by atoms with van der Waals surface area (Å²) >= 11 is 0. The summed E-state index contributed by atoms with van der Waals surface area (Å²) in [6.45, 7) is 9.59. The molecule has 220 valence electrons. The number of sulfone groups is 1. The molecule has 0 unspecified atom stereocenters. The zero-order valence-electron chi connectivity index (χ0n) is 23.6. The zero-order chi connectivity index (χ0) is 30.4. The van der Waals surface area contributed by atoms with Gasteiger partial charge in [-0.3, -0.25) is 15.0 Å². The van der Waals surface area contributed by atoms with Crippen molar-refractivity contribution >= 4 is 33.5 Å². The summed E-state index contributed by atoms with van der Waals surface area (Å²) in [6.07, 6.45) is 11.9. The van der Waals surface area contributed by atoms with Gasteiger partial charge >= 0.3 is 6.03 Å². The molecule has 12 heteroatoms. The van der Waals surface area contributed by atoms with E-state index in [9.17, 15) is 22.8 Å². The second-order valence-corrected chi connectivity index (χ2v) is 10.4. The van der Waals surface area contributed by atoms with Gasteiger partial charge in [0.25, 0.3) is 5.90 Å². The van der Waals surface area contributed by atoms with Gasteiger partial charge in [-0.2, -0.15) is 0 Å². The van der Waals surface area contributed by atoms with Gasteiger partial charge in [0.15, 0.2) is 0 Å². The SMILES string of the molecule is C#C.CC.CC[C@H](NC(C)=O)C(=O)C(=N)Oc1ccccc1.CS(=O)(=O)CC1CC1.NC(=O)N1CCOCC1. The Hall–Kier alpha value is -3.43. The van der Waals surface area contributed by atoms with Crippen molar-refractivity contribution in [1.29, 1.82) is 5.41 Å². The average Bonchev–Trinajstić information content (AvgIpc) is 3.73. The Morgan fingerprint density at radius 3 is 2.00 bits per heavy atom. The van der Waals surface area contributed by atoms with Crippen molar-refractivity contribution in [2.24, 2.45) is 11.7 Å². The van der Waals surface area contributed by atoms with E-state index in [1.54, 1.807) is 36.1 Å². The van der Waals surface area contributed by atoms with E-state index in [-0.39, 0.29) is 11.9 Å². The number of ether oxygens (including phenoxy) is 2. The Balaban J connectivity index is 0. The molecule has 0 spiro atoms. The average molecular weight is 569 g/mol. The van der Waals surface area contributed by atoms with Crippen molar-refractivity contribution in [3.63, 3.8) is 0 Å². The fourth-order valence-electron chi connectivity index (χ4n) is 2.91. The van der Waals surface area contributed by atoms with Gasteiger partial charge in [-0.25, -0.2) is 13.2 Å². The molecule has 2 fully saturated rings. The summed E-state index contributed by atoms with van der Waals surface area (Å²) in [5.41, 5.74) is 5.00. The number of primary amides is 1. The van der Waals surface area contributed by atoms with Gasteiger partial charge in [0.05, 0.1) is 25.0 Å². The minimum atomic E-state index is -2.66. The highest BCUT2D eigenvalue weighted by molar-refractivity contribution is 7.90. The fraction of sp³-hybridized carbons (Fsp3) is 0.556. The van der Waals surface area contributed by atoms with Crippen LogP contribution >= 0.6 is 0 Å². The van der Waals surface area contributed by atoms with Crippen LogP contribution in [-0.4, -0.2) is 81.3 Å².